The summed E-state index contributed by atoms with van der Waals surface area (Å²) >= 11 is 3.21. The van der Waals surface area contributed by atoms with Crippen LogP contribution in [0.2, 0.25) is 0 Å². The van der Waals surface area contributed by atoms with Crippen molar-refractivity contribution in [3.05, 3.63) is 33.3 Å². The Labute approximate surface area is 93.1 Å². The third kappa shape index (κ3) is 1.74. The molecule has 2 rings (SSSR count). The van der Waals surface area contributed by atoms with Crippen LogP contribution in [0, 0.1) is 11.3 Å². The highest BCUT2D eigenvalue weighted by Crippen LogP contribution is 2.11. The summed E-state index contributed by atoms with van der Waals surface area (Å²) in [6.07, 6.45) is 1.19. The van der Waals surface area contributed by atoms with Gasteiger partial charge in [0, 0.05) is 0 Å². The first-order chi connectivity index (χ1) is 7.22. The van der Waals surface area contributed by atoms with E-state index < -0.39 is 0 Å². The van der Waals surface area contributed by atoms with Crippen LogP contribution in [0.25, 0.3) is 11.2 Å². The van der Waals surface area contributed by atoms with Gasteiger partial charge in [-0.2, -0.15) is 5.26 Å². The van der Waals surface area contributed by atoms with Gasteiger partial charge in [0.15, 0.2) is 5.65 Å². The highest BCUT2D eigenvalue weighted by molar-refractivity contribution is 9.10. The van der Waals surface area contributed by atoms with Crippen LogP contribution in [0.15, 0.2) is 27.7 Å². The molecule has 0 aliphatic heterocycles. The van der Waals surface area contributed by atoms with Gasteiger partial charge < -0.3 is 0 Å². The highest BCUT2D eigenvalue weighted by atomic mass is 79.9. The molecule has 0 radical (unpaired) electrons. The van der Waals surface area contributed by atoms with Crippen molar-refractivity contribution in [1.29, 1.82) is 5.26 Å². The minimum atomic E-state index is -0.324. The molecule has 0 aliphatic rings. The van der Waals surface area contributed by atoms with Crippen molar-refractivity contribution in [3.8, 4) is 6.07 Å². The normalized spacial score (nSPS) is 10.1. The SMILES string of the molecule is N#CCn1c(=O)cnc2ccc(Br)nc21. The summed E-state index contributed by atoms with van der Waals surface area (Å²) in [4.78, 5) is 19.5. The second-order valence-electron chi connectivity index (χ2n) is 2.82. The van der Waals surface area contributed by atoms with Crippen LogP contribution < -0.4 is 5.56 Å². The van der Waals surface area contributed by atoms with Crippen molar-refractivity contribution < 1.29 is 0 Å². The molecule has 0 saturated carbocycles. The number of rotatable bonds is 1. The number of hydrogen-bond donors (Lipinski definition) is 0. The summed E-state index contributed by atoms with van der Waals surface area (Å²) in [6.45, 7) is -0.0265. The van der Waals surface area contributed by atoms with Gasteiger partial charge in [-0.05, 0) is 28.1 Å². The van der Waals surface area contributed by atoms with Crippen LogP contribution in [0.4, 0.5) is 0 Å². The van der Waals surface area contributed by atoms with Crippen LogP contribution in [0.1, 0.15) is 0 Å². The Hall–Kier alpha value is -1.74. The third-order valence-corrected chi connectivity index (χ3v) is 2.33. The van der Waals surface area contributed by atoms with Crippen molar-refractivity contribution in [1.82, 2.24) is 14.5 Å². The van der Waals surface area contributed by atoms with Gasteiger partial charge in [-0.15, -0.1) is 0 Å². The van der Waals surface area contributed by atoms with Crippen molar-refractivity contribution in [2.45, 2.75) is 6.54 Å². The largest absolute Gasteiger partial charge is 0.276 e. The molecule has 15 heavy (non-hydrogen) atoms. The van der Waals surface area contributed by atoms with Gasteiger partial charge in [0.2, 0.25) is 0 Å². The third-order valence-electron chi connectivity index (χ3n) is 1.89. The fourth-order valence-corrected chi connectivity index (χ4v) is 1.54. The van der Waals surface area contributed by atoms with Gasteiger partial charge in [-0.25, -0.2) is 9.97 Å². The Bertz CT molecular complexity index is 614. The minimum Gasteiger partial charge on any atom is -0.276 e. The van der Waals surface area contributed by atoms with Crippen LogP contribution in [0.3, 0.4) is 0 Å². The smallest absolute Gasteiger partial charge is 0.271 e. The first-order valence-electron chi connectivity index (χ1n) is 4.11. The molecule has 0 aliphatic carbocycles. The van der Waals surface area contributed by atoms with Crippen LogP contribution >= 0.6 is 15.9 Å². The van der Waals surface area contributed by atoms with Crippen LogP contribution in [-0.4, -0.2) is 14.5 Å². The number of hydrogen-bond acceptors (Lipinski definition) is 4. The first kappa shape index (κ1) is 9.80. The number of pyridine rings is 1. The highest BCUT2D eigenvalue weighted by Gasteiger charge is 2.05. The molecule has 2 aromatic heterocycles. The molecule has 2 aromatic rings. The van der Waals surface area contributed by atoms with Gasteiger partial charge in [-0.3, -0.25) is 9.36 Å². The van der Waals surface area contributed by atoms with E-state index in [0.717, 1.165) is 0 Å². The first-order valence-corrected chi connectivity index (χ1v) is 4.91. The molecule has 5 nitrogen and oxygen atoms in total. The standard InChI is InChI=1S/C9H5BrN4O/c10-7-2-1-6-9(13-7)14(4-3-11)8(15)5-12-6/h1-2,5H,4H2. The van der Waals surface area contributed by atoms with Crippen molar-refractivity contribution in [2.75, 3.05) is 0 Å². The Balaban J connectivity index is 2.85. The molecule has 0 atom stereocenters. The lowest BCUT2D eigenvalue weighted by Crippen LogP contribution is -2.20. The van der Waals surface area contributed by atoms with E-state index in [1.165, 1.54) is 10.8 Å². The monoisotopic (exact) mass is 264 g/mol. The number of fused-ring (bicyclic) bond motifs is 1. The molecular weight excluding hydrogens is 260 g/mol. The van der Waals surface area contributed by atoms with E-state index in [4.69, 9.17) is 5.26 Å². The average Bonchev–Trinajstić information content (AvgIpc) is 2.23. The summed E-state index contributed by atoms with van der Waals surface area (Å²) in [5, 5.41) is 8.60. The van der Waals surface area contributed by atoms with E-state index in [0.29, 0.717) is 15.8 Å². The minimum absolute atomic E-state index is 0.0265. The number of nitrogens with zero attached hydrogens (tertiary/aromatic N) is 4. The Morgan fingerprint density at radius 2 is 2.33 bits per heavy atom. The molecule has 6 heteroatoms. The average molecular weight is 265 g/mol. The zero-order chi connectivity index (χ0) is 10.8. The second-order valence-corrected chi connectivity index (χ2v) is 3.63. The Morgan fingerprint density at radius 1 is 1.53 bits per heavy atom. The summed E-state index contributed by atoms with van der Waals surface area (Å²) in [7, 11) is 0. The number of nitriles is 1. The van der Waals surface area contributed by atoms with Crippen LogP contribution in [-0.2, 0) is 6.54 Å². The van der Waals surface area contributed by atoms with Gasteiger partial charge in [0.25, 0.3) is 5.56 Å². The Kier molecular flexibility index (Phi) is 2.47. The molecule has 0 spiro atoms. The molecule has 0 aromatic carbocycles. The molecular formula is C9H5BrN4O. The predicted octanol–water partition coefficient (Wildman–Crippen LogP) is 1.08. The zero-order valence-electron chi connectivity index (χ0n) is 7.51. The van der Waals surface area contributed by atoms with Crippen molar-refractivity contribution in [2.24, 2.45) is 0 Å². The lowest BCUT2D eigenvalue weighted by Gasteiger charge is -2.03. The molecule has 0 fully saturated rings. The number of aromatic nitrogens is 3. The quantitative estimate of drug-likeness (QED) is 0.723. The lowest BCUT2D eigenvalue weighted by atomic mass is 10.4. The molecule has 0 saturated heterocycles. The second kappa shape index (κ2) is 3.79. The van der Waals surface area contributed by atoms with Crippen molar-refractivity contribution >= 4 is 27.1 Å². The van der Waals surface area contributed by atoms with E-state index in [2.05, 4.69) is 25.9 Å². The predicted molar refractivity (Wildman–Crippen MR) is 57.1 cm³/mol. The van der Waals surface area contributed by atoms with Gasteiger partial charge in [0.05, 0.1) is 12.3 Å². The lowest BCUT2D eigenvalue weighted by molar-refractivity contribution is 0.802. The molecule has 0 amide bonds. The fraction of sp³-hybridized carbons (Fsp3) is 0.111. The zero-order valence-corrected chi connectivity index (χ0v) is 9.10. The summed E-state index contributed by atoms with van der Waals surface area (Å²) in [6, 6.07) is 5.38. The van der Waals surface area contributed by atoms with E-state index in [9.17, 15) is 4.79 Å². The van der Waals surface area contributed by atoms with Gasteiger partial charge in [-0.1, -0.05) is 0 Å². The maximum atomic E-state index is 11.4. The van der Waals surface area contributed by atoms with E-state index in [1.807, 2.05) is 6.07 Å². The maximum absolute atomic E-state index is 11.4. The Morgan fingerprint density at radius 3 is 3.07 bits per heavy atom. The van der Waals surface area contributed by atoms with Gasteiger partial charge >= 0.3 is 0 Å². The van der Waals surface area contributed by atoms with Crippen LogP contribution in [0.5, 0.6) is 0 Å². The molecule has 0 N–H and O–H groups in total. The van der Waals surface area contributed by atoms with E-state index >= 15 is 0 Å². The molecule has 0 bridgehead atoms. The van der Waals surface area contributed by atoms with Gasteiger partial charge in [0.1, 0.15) is 16.7 Å². The van der Waals surface area contributed by atoms with E-state index in [1.54, 1.807) is 12.1 Å². The topological polar surface area (TPSA) is 71.6 Å². The molecule has 74 valence electrons. The number of halogens is 1. The maximum Gasteiger partial charge on any atom is 0.271 e. The van der Waals surface area contributed by atoms with E-state index in [-0.39, 0.29) is 12.1 Å². The fourth-order valence-electron chi connectivity index (χ4n) is 1.24. The molecule has 0 unspecified atom stereocenters. The summed E-state index contributed by atoms with van der Waals surface area (Å²) in [5.74, 6) is 0. The summed E-state index contributed by atoms with van der Waals surface area (Å²) in [5.41, 5.74) is 0.682. The van der Waals surface area contributed by atoms with Crippen molar-refractivity contribution in [3.63, 3.8) is 0 Å². The molecule has 2 heterocycles. The summed E-state index contributed by atoms with van der Waals surface area (Å²) < 4.78 is 1.89.